The molecule has 28 heavy (non-hydrogen) atoms. The first-order valence-corrected chi connectivity index (χ1v) is 10.5. The second kappa shape index (κ2) is 9.92. The zero-order valence-electron chi connectivity index (χ0n) is 17.9. The van der Waals surface area contributed by atoms with Crippen LogP contribution in [0.3, 0.4) is 0 Å². The van der Waals surface area contributed by atoms with Crippen LogP contribution in [-0.2, 0) is 6.54 Å². The molecule has 0 spiro atoms. The van der Waals surface area contributed by atoms with Crippen molar-refractivity contribution in [2.45, 2.75) is 38.5 Å². The van der Waals surface area contributed by atoms with E-state index in [1.54, 1.807) is 7.11 Å². The lowest BCUT2D eigenvalue weighted by Gasteiger charge is -2.30. The molecule has 6 heteroatoms. The third-order valence-corrected chi connectivity index (χ3v) is 6.17. The molecule has 2 fully saturated rings. The second-order valence-electron chi connectivity index (χ2n) is 8.65. The van der Waals surface area contributed by atoms with Gasteiger partial charge in [-0.25, -0.2) is 0 Å². The Kier molecular flexibility index (Phi) is 7.57. The molecule has 158 valence electrons. The number of ether oxygens (including phenoxy) is 2. The van der Waals surface area contributed by atoms with Crippen molar-refractivity contribution in [3.05, 3.63) is 23.8 Å². The number of likely N-dealkylation sites (N-methyl/N-ethyl adjacent to an activating group) is 1. The van der Waals surface area contributed by atoms with Crippen molar-refractivity contribution in [2.75, 3.05) is 60.5 Å². The molecule has 1 aromatic rings. The summed E-state index contributed by atoms with van der Waals surface area (Å²) in [6, 6.07) is 6.38. The summed E-state index contributed by atoms with van der Waals surface area (Å²) in [7, 11) is 5.74. The highest BCUT2D eigenvalue weighted by molar-refractivity contribution is 5.43. The Morgan fingerprint density at radius 3 is 2.50 bits per heavy atom. The van der Waals surface area contributed by atoms with Crippen LogP contribution in [0.2, 0.25) is 0 Å². The number of hydrogen-bond acceptors (Lipinski definition) is 6. The minimum Gasteiger partial charge on any atom is -0.493 e. The molecule has 1 N–H and O–H groups in total. The summed E-state index contributed by atoms with van der Waals surface area (Å²) in [5.74, 6) is 2.45. The predicted molar refractivity (Wildman–Crippen MR) is 112 cm³/mol. The lowest BCUT2D eigenvalue weighted by atomic mass is 9.99. The maximum Gasteiger partial charge on any atom is 0.161 e. The number of aliphatic hydroxyl groups is 1. The van der Waals surface area contributed by atoms with Crippen molar-refractivity contribution in [3.8, 4) is 11.5 Å². The number of nitrogens with zero attached hydrogens (tertiary/aromatic N) is 3. The van der Waals surface area contributed by atoms with Crippen LogP contribution in [0.4, 0.5) is 0 Å². The minimum absolute atomic E-state index is 0.197. The molecule has 0 radical (unpaired) electrons. The molecule has 0 unspecified atom stereocenters. The first kappa shape index (κ1) is 21.4. The molecule has 0 amide bonds. The topological polar surface area (TPSA) is 48.4 Å². The van der Waals surface area contributed by atoms with E-state index in [9.17, 15) is 5.11 Å². The summed E-state index contributed by atoms with van der Waals surface area (Å²) in [5, 5.41) is 10.2. The largest absolute Gasteiger partial charge is 0.493 e. The highest BCUT2D eigenvalue weighted by atomic mass is 16.5. The van der Waals surface area contributed by atoms with Crippen molar-refractivity contribution in [1.82, 2.24) is 14.7 Å². The fraction of sp³-hybridized carbons (Fsp3) is 0.727. The van der Waals surface area contributed by atoms with Crippen molar-refractivity contribution in [1.29, 1.82) is 0 Å². The molecule has 0 bridgehead atoms. The fourth-order valence-electron chi connectivity index (χ4n) is 4.24. The number of β-amino-alcohol motifs (C(OH)–C–C–N with tert-alkyl or cyclic N) is 1. The van der Waals surface area contributed by atoms with E-state index < -0.39 is 0 Å². The van der Waals surface area contributed by atoms with Crippen LogP contribution in [-0.4, -0.2) is 92.5 Å². The predicted octanol–water partition coefficient (Wildman–Crippen LogP) is 1.91. The van der Waals surface area contributed by atoms with E-state index in [2.05, 4.69) is 33.8 Å². The van der Waals surface area contributed by atoms with Gasteiger partial charge in [-0.3, -0.25) is 9.80 Å². The lowest BCUT2D eigenvalue weighted by molar-refractivity contribution is 0.112. The number of benzene rings is 1. The molecule has 0 aliphatic carbocycles. The average molecular weight is 392 g/mol. The maximum absolute atomic E-state index is 10.2. The van der Waals surface area contributed by atoms with E-state index in [0.29, 0.717) is 13.2 Å². The van der Waals surface area contributed by atoms with Gasteiger partial charge in [0.1, 0.15) is 6.61 Å². The summed E-state index contributed by atoms with van der Waals surface area (Å²) >= 11 is 0. The van der Waals surface area contributed by atoms with Gasteiger partial charge < -0.3 is 19.5 Å². The summed E-state index contributed by atoms with van der Waals surface area (Å²) < 4.78 is 11.6. The van der Waals surface area contributed by atoms with Crippen molar-refractivity contribution < 1.29 is 14.6 Å². The van der Waals surface area contributed by atoms with Crippen molar-refractivity contribution in [3.63, 3.8) is 0 Å². The van der Waals surface area contributed by atoms with Gasteiger partial charge in [-0.05, 0) is 63.6 Å². The highest BCUT2D eigenvalue weighted by Crippen LogP contribution is 2.29. The Bertz CT molecular complexity index is 617. The third kappa shape index (κ3) is 5.60. The molecule has 0 saturated carbocycles. The van der Waals surface area contributed by atoms with Crippen LogP contribution in [0.5, 0.6) is 11.5 Å². The molecule has 3 rings (SSSR count). The molecule has 2 heterocycles. The van der Waals surface area contributed by atoms with E-state index >= 15 is 0 Å². The van der Waals surface area contributed by atoms with Crippen LogP contribution in [0.15, 0.2) is 18.2 Å². The van der Waals surface area contributed by atoms with Gasteiger partial charge in [0, 0.05) is 32.2 Å². The maximum atomic E-state index is 10.2. The van der Waals surface area contributed by atoms with Crippen molar-refractivity contribution >= 4 is 0 Å². The molecular formula is C22H37N3O3. The van der Waals surface area contributed by atoms with Crippen LogP contribution in [0, 0.1) is 5.92 Å². The van der Waals surface area contributed by atoms with E-state index in [-0.39, 0.29) is 12.1 Å². The van der Waals surface area contributed by atoms with E-state index in [1.807, 2.05) is 20.2 Å². The number of methoxy groups -OCH3 is 1. The number of hydrogen-bond donors (Lipinski definition) is 1. The monoisotopic (exact) mass is 391 g/mol. The quantitative estimate of drug-likeness (QED) is 0.731. The zero-order chi connectivity index (χ0) is 20.1. The minimum atomic E-state index is -0.294. The van der Waals surface area contributed by atoms with Gasteiger partial charge in [0.25, 0.3) is 0 Å². The van der Waals surface area contributed by atoms with E-state index in [1.165, 1.54) is 31.5 Å². The Morgan fingerprint density at radius 1 is 1.11 bits per heavy atom. The van der Waals surface area contributed by atoms with Crippen LogP contribution < -0.4 is 9.47 Å². The zero-order valence-corrected chi connectivity index (χ0v) is 17.9. The summed E-state index contributed by atoms with van der Waals surface area (Å²) in [4.78, 5) is 6.88. The molecule has 2 aliphatic heterocycles. The Hall–Kier alpha value is -1.34. The summed E-state index contributed by atoms with van der Waals surface area (Å²) in [6.07, 6.45) is 2.28. The number of piperidine rings is 1. The van der Waals surface area contributed by atoms with Gasteiger partial charge in [-0.1, -0.05) is 13.0 Å². The highest BCUT2D eigenvalue weighted by Gasteiger charge is 2.32. The van der Waals surface area contributed by atoms with Crippen LogP contribution >= 0.6 is 0 Å². The first-order chi connectivity index (χ1) is 13.5. The van der Waals surface area contributed by atoms with Crippen LogP contribution in [0.25, 0.3) is 0 Å². The van der Waals surface area contributed by atoms with Gasteiger partial charge in [0.15, 0.2) is 11.5 Å². The Morgan fingerprint density at radius 2 is 1.86 bits per heavy atom. The van der Waals surface area contributed by atoms with E-state index in [4.69, 9.17) is 9.47 Å². The number of likely N-dealkylation sites (tertiary alicyclic amines) is 2. The average Bonchev–Trinajstić information content (AvgIpc) is 3.04. The molecule has 2 saturated heterocycles. The first-order valence-electron chi connectivity index (χ1n) is 10.5. The molecule has 2 atom stereocenters. The van der Waals surface area contributed by atoms with Gasteiger partial charge in [0.05, 0.1) is 13.2 Å². The van der Waals surface area contributed by atoms with Gasteiger partial charge in [-0.15, -0.1) is 0 Å². The molecule has 1 aromatic carbocycles. The normalized spacial score (nSPS) is 24.8. The SMILES string of the molecule is COc1cc(CN2C[C@H](O)[C@@H](N(C)C)C2)ccc1OCCN1CCC(C)CC1. The Balaban J connectivity index is 1.51. The lowest BCUT2D eigenvalue weighted by Crippen LogP contribution is -2.37. The van der Waals surface area contributed by atoms with Gasteiger partial charge in [-0.2, -0.15) is 0 Å². The number of aliphatic hydroxyl groups excluding tert-OH is 1. The second-order valence-corrected chi connectivity index (χ2v) is 8.65. The molecule has 6 nitrogen and oxygen atoms in total. The van der Waals surface area contributed by atoms with E-state index in [0.717, 1.165) is 37.1 Å². The summed E-state index contributed by atoms with van der Waals surface area (Å²) in [5.41, 5.74) is 1.18. The number of rotatable bonds is 8. The van der Waals surface area contributed by atoms with Crippen molar-refractivity contribution in [2.24, 2.45) is 5.92 Å². The van der Waals surface area contributed by atoms with Crippen LogP contribution in [0.1, 0.15) is 25.3 Å². The van der Waals surface area contributed by atoms with Gasteiger partial charge in [0.2, 0.25) is 0 Å². The standard InChI is InChI=1S/C22H37N3O3/c1-17-7-9-24(10-8-17)11-12-28-21-6-5-18(13-22(21)27-4)14-25-15-19(23(2)3)20(26)16-25/h5-6,13,17,19-20,26H,7-12,14-16H2,1-4H3/t19-,20-/m0/s1. The molecular weight excluding hydrogens is 354 g/mol. The third-order valence-electron chi connectivity index (χ3n) is 6.17. The van der Waals surface area contributed by atoms with Gasteiger partial charge >= 0.3 is 0 Å². The smallest absolute Gasteiger partial charge is 0.161 e. The molecule has 2 aliphatic rings. The molecule has 0 aromatic heterocycles. The Labute approximate surface area is 170 Å². The fourth-order valence-corrected chi connectivity index (χ4v) is 4.24. The summed E-state index contributed by atoms with van der Waals surface area (Å²) in [6.45, 7) is 8.74.